The first-order valence-corrected chi connectivity index (χ1v) is 6.17. The highest BCUT2D eigenvalue weighted by Crippen LogP contribution is 2.31. The molecule has 5 heteroatoms. The van der Waals surface area contributed by atoms with Crippen molar-refractivity contribution < 1.29 is 0 Å². The third-order valence-corrected chi connectivity index (χ3v) is 3.28. The third-order valence-electron chi connectivity index (χ3n) is 3.28. The fourth-order valence-corrected chi connectivity index (χ4v) is 2.33. The van der Waals surface area contributed by atoms with Crippen LogP contribution in [0.3, 0.4) is 0 Å². The predicted octanol–water partition coefficient (Wildman–Crippen LogP) is 2.10. The molecule has 96 valence electrons. The number of benzene rings is 1. The van der Waals surface area contributed by atoms with Gasteiger partial charge in [-0.05, 0) is 19.4 Å². The van der Waals surface area contributed by atoms with E-state index in [-0.39, 0.29) is 0 Å². The number of hydrogen-bond donors (Lipinski definition) is 2. The summed E-state index contributed by atoms with van der Waals surface area (Å²) in [6.45, 7) is 4.43. The van der Waals surface area contributed by atoms with Crippen molar-refractivity contribution in [3.8, 4) is 11.3 Å². The van der Waals surface area contributed by atoms with E-state index in [2.05, 4.69) is 39.2 Å². The fraction of sp³-hybridized carbons (Fsp3) is 0.214. The summed E-state index contributed by atoms with van der Waals surface area (Å²) in [6.07, 6.45) is 1.73. The molecule has 3 rings (SSSR count). The van der Waals surface area contributed by atoms with E-state index in [1.54, 1.807) is 6.20 Å². The van der Waals surface area contributed by atoms with Gasteiger partial charge in [-0.2, -0.15) is 0 Å². The predicted molar refractivity (Wildman–Crippen MR) is 74.5 cm³/mol. The first-order valence-electron chi connectivity index (χ1n) is 6.17. The van der Waals surface area contributed by atoms with Crippen LogP contribution in [-0.2, 0) is 6.54 Å². The van der Waals surface area contributed by atoms with Crippen molar-refractivity contribution in [2.24, 2.45) is 5.73 Å². The van der Waals surface area contributed by atoms with Gasteiger partial charge in [-0.15, -0.1) is 10.2 Å². The zero-order valence-corrected chi connectivity index (χ0v) is 10.9. The summed E-state index contributed by atoms with van der Waals surface area (Å²) < 4.78 is 0. The van der Waals surface area contributed by atoms with Gasteiger partial charge in [0.05, 0.1) is 12.7 Å². The van der Waals surface area contributed by atoms with E-state index >= 15 is 0 Å². The topological polar surface area (TPSA) is 80.5 Å². The second-order valence-electron chi connectivity index (χ2n) is 4.59. The normalized spacial score (nSPS) is 11.1. The average molecular weight is 253 g/mol. The quantitative estimate of drug-likeness (QED) is 0.732. The molecular formula is C14H15N5. The first-order chi connectivity index (χ1) is 9.20. The molecule has 0 atom stereocenters. The molecule has 1 aromatic carbocycles. The molecule has 2 aromatic heterocycles. The number of nitrogens with one attached hydrogen (secondary N) is 1. The minimum atomic E-state index is 0.305. The van der Waals surface area contributed by atoms with Crippen molar-refractivity contribution >= 4 is 10.9 Å². The SMILES string of the molecule is Cc1[nH]c2c(C)cccc2c1-c1cnc(CN)nn1. The lowest BCUT2D eigenvalue weighted by Crippen LogP contribution is -2.04. The summed E-state index contributed by atoms with van der Waals surface area (Å²) in [4.78, 5) is 7.61. The minimum Gasteiger partial charge on any atom is -0.358 e. The third kappa shape index (κ3) is 1.88. The molecule has 0 unspecified atom stereocenters. The Morgan fingerprint density at radius 1 is 1.21 bits per heavy atom. The van der Waals surface area contributed by atoms with E-state index in [9.17, 15) is 0 Å². The van der Waals surface area contributed by atoms with Gasteiger partial charge < -0.3 is 10.7 Å². The molecule has 0 saturated carbocycles. The van der Waals surface area contributed by atoms with Crippen LogP contribution in [0.5, 0.6) is 0 Å². The van der Waals surface area contributed by atoms with Gasteiger partial charge in [0.2, 0.25) is 0 Å². The molecule has 0 aliphatic carbocycles. The zero-order chi connectivity index (χ0) is 13.4. The van der Waals surface area contributed by atoms with Gasteiger partial charge in [0.15, 0.2) is 5.82 Å². The number of aromatic amines is 1. The lowest BCUT2D eigenvalue weighted by atomic mass is 10.1. The van der Waals surface area contributed by atoms with Gasteiger partial charge in [0.25, 0.3) is 0 Å². The summed E-state index contributed by atoms with van der Waals surface area (Å²) in [6, 6.07) is 6.22. The number of aromatic nitrogens is 4. The van der Waals surface area contributed by atoms with Crippen molar-refractivity contribution in [3.05, 3.63) is 41.5 Å². The monoisotopic (exact) mass is 253 g/mol. The van der Waals surface area contributed by atoms with Crippen molar-refractivity contribution in [1.82, 2.24) is 20.2 Å². The van der Waals surface area contributed by atoms with E-state index in [0.717, 1.165) is 27.9 Å². The summed E-state index contributed by atoms with van der Waals surface area (Å²) in [5.41, 5.74) is 10.7. The smallest absolute Gasteiger partial charge is 0.164 e. The van der Waals surface area contributed by atoms with E-state index in [4.69, 9.17) is 5.73 Å². The molecule has 0 amide bonds. The number of rotatable bonds is 2. The molecule has 2 heterocycles. The van der Waals surface area contributed by atoms with Crippen LogP contribution in [0.15, 0.2) is 24.4 Å². The molecule has 0 bridgehead atoms. The van der Waals surface area contributed by atoms with Gasteiger partial charge in [0.1, 0.15) is 5.69 Å². The van der Waals surface area contributed by atoms with Crippen LogP contribution in [0.1, 0.15) is 17.1 Å². The van der Waals surface area contributed by atoms with E-state index in [0.29, 0.717) is 12.4 Å². The standard InChI is InChI=1S/C14H15N5/c1-8-4-3-5-10-13(9(2)17-14(8)10)11-7-16-12(6-15)19-18-11/h3-5,7,17H,6,15H2,1-2H3. The van der Waals surface area contributed by atoms with Gasteiger partial charge >= 0.3 is 0 Å². The average Bonchev–Trinajstić information content (AvgIpc) is 2.77. The molecule has 0 radical (unpaired) electrons. The first kappa shape index (κ1) is 11.8. The zero-order valence-electron chi connectivity index (χ0n) is 10.9. The maximum absolute atomic E-state index is 5.49. The van der Waals surface area contributed by atoms with Crippen LogP contribution in [-0.4, -0.2) is 20.2 Å². The van der Waals surface area contributed by atoms with Crippen molar-refractivity contribution in [3.63, 3.8) is 0 Å². The Morgan fingerprint density at radius 3 is 2.74 bits per heavy atom. The fourth-order valence-electron chi connectivity index (χ4n) is 2.33. The molecule has 19 heavy (non-hydrogen) atoms. The molecule has 0 aliphatic rings. The summed E-state index contributed by atoms with van der Waals surface area (Å²) in [5.74, 6) is 0.553. The highest BCUT2D eigenvalue weighted by atomic mass is 15.2. The maximum Gasteiger partial charge on any atom is 0.164 e. The van der Waals surface area contributed by atoms with Crippen LogP contribution in [0.4, 0.5) is 0 Å². The van der Waals surface area contributed by atoms with Crippen LogP contribution < -0.4 is 5.73 Å². The number of fused-ring (bicyclic) bond motifs is 1. The number of para-hydroxylation sites is 1. The van der Waals surface area contributed by atoms with E-state index in [1.807, 2.05) is 13.0 Å². The number of nitrogens with zero attached hydrogens (tertiary/aromatic N) is 3. The molecule has 0 spiro atoms. The Bertz CT molecular complexity index is 727. The molecule has 0 saturated heterocycles. The van der Waals surface area contributed by atoms with Gasteiger partial charge in [-0.25, -0.2) is 4.98 Å². The molecule has 0 fully saturated rings. The van der Waals surface area contributed by atoms with Crippen LogP contribution in [0, 0.1) is 13.8 Å². The lowest BCUT2D eigenvalue weighted by molar-refractivity contribution is 0.835. The van der Waals surface area contributed by atoms with Crippen LogP contribution >= 0.6 is 0 Å². The van der Waals surface area contributed by atoms with Crippen molar-refractivity contribution in [2.45, 2.75) is 20.4 Å². The second kappa shape index (κ2) is 4.44. The largest absolute Gasteiger partial charge is 0.358 e. The van der Waals surface area contributed by atoms with Gasteiger partial charge in [0, 0.05) is 22.2 Å². The molecule has 5 nitrogen and oxygen atoms in total. The van der Waals surface area contributed by atoms with Crippen LogP contribution in [0.25, 0.3) is 22.2 Å². The molecule has 0 aliphatic heterocycles. The summed E-state index contributed by atoms with van der Waals surface area (Å²) in [7, 11) is 0. The van der Waals surface area contributed by atoms with Crippen LogP contribution in [0.2, 0.25) is 0 Å². The Balaban J connectivity index is 2.23. The minimum absolute atomic E-state index is 0.305. The lowest BCUT2D eigenvalue weighted by Gasteiger charge is -2.01. The number of H-pyrrole nitrogens is 1. The molecule has 3 aromatic rings. The maximum atomic E-state index is 5.49. The molecule has 3 N–H and O–H groups in total. The van der Waals surface area contributed by atoms with E-state index in [1.165, 1.54) is 5.56 Å². The Kier molecular flexibility index (Phi) is 2.76. The Hall–Kier alpha value is -2.27. The van der Waals surface area contributed by atoms with Crippen molar-refractivity contribution in [2.75, 3.05) is 0 Å². The number of aryl methyl sites for hydroxylation is 2. The van der Waals surface area contributed by atoms with Crippen molar-refractivity contribution in [1.29, 1.82) is 0 Å². The highest BCUT2D eigenvalue weighted by molar-refractivity contribution is 5.97. The molecular weight excluding hydrogens is 238 g/mol. The Labute approximate surface area is 110 Å². The van der Waals surface area contributed by atoms with E-state index < -0.39 is 0 Å². The highest BCUT2D eigenvalue weighted by Gasteiger charge is 2.13. The number of nitrogens with two attached hydrogens (primary N) is 1. The summed E-state index contributed by atoms with van der Waals surface area (Å²) in [5, 5.41) is 9.39. The summed E-state index contributed by atoms with van der Waals surface area (Å²) >= 11 is 0. The second-order valence-corrected chi connectivity index (χ2v) is 4.59. The van der Waals surface area contributed by atoms with Gasteiger partial charge in [-0.3, -0.25) is 0 Å². The van der Waals surface area contributed by atoms with Gasteiger partial charge in [-0.1, -0.05) is 18.2 Å². The Morgan fingerprint density at radius 2 is 2.05 bits per heavy atom. The number of hydrogen-bond acceptors (Lipinski definition) is 4.